The Morgan fingerprint density at radius 3 is 2.33 bits per heavy atom. The largest absolute Gasteiger partial charge is 0.431 e. The van der Waals surface area contributed by atoms with Crippen LogP contribution in [0.15, 0.2) is 16.9 Å². The van der Waals surface area contributed by atoms with Crippen molar-refractivity contribution < 1.29 is 13.2 Å². The van der Waals surface area contributed by atoms with Gasteiger partial charge in [0.25, 0.3) is 0 Å². The van der Waals surface area contributed by atoms with Gasteiger partial charge in [0.2, 0.25) is 5.56 Å². The standard InChI is InChI=1S/C6H3ClF3NO/c7-3-1-4(6(8,9)10)11-5(12)2-3/h1-2H,(H,11,12). The number of aromatic amines is 1. The minimum atomic E-state index is -4.57. The van der Waals surface area contributed by atoms with Crippen LogP contribution in [0, 0.1) is 0 Å². The van der Waals surface area contributed by atoms with Crippen molar-refractivity contribution >= 4 is 11.6 Å². The summed E-state index contributed by atoms with van der Waals surface area (Å²) < 4.78 is 35.8. The lowest BCUT2D eigenvalue weighted by atomic mass is 10.3. The highest BCUT2D eigenvalue weighted by Crippen LogP contribution is 2.27. The van der Waals surface area contributed by atoms with E-state index < -0.39 is 17.4 Å². The summed E-state index contributed by atoms with van der Waals surface area (Å²) in [6, 6.07) is 1.53. The smallest absolute Gasteiger partial charge is 0.318 e. The van der Waals surface area contributed by atoms with E-state index >= 15 is 0 Å². The molecule has 0 saturated carbocycles. The summed E-state index contributed by atoms with van der Waals surface area (Å²) in [5.74, 6) is 0. The van der Waals surface area contributed by atoms with Crippen molar-refractivity contribution in [2.75, 3.05) is 0 Å². The molecule has 0 bridgehead atoms. The number of pyridine rings is 1. The van der Waals surface area contributed by atoms with Gasteiger partial charge < -0.3 is 4.98 Å². The number of alkyl halides is 3. The Balaban J connectivity index is 3.27. The zero-order valence-electron chi connectivity index (χ0n) is 5.57. The van der Waals surface area contributed by atoms with E-state index in [2.05, 4.69) is 0 Å². The Kier molecular flexibility index (Phi) is 2.14. The first-order chi connectivity index (χ1) is 5.39. The molecular weight excluding hydrogens is 195 g/mol. The molecule has 2 nitrogen and oxygen atoms in total. The van der Waals surface area contributed by atoms with Crippen LogP contribution in [0.2, 0.25) is 5.02 Å². The lowest BCUT2D eigenvalue weighted by molar-refractivity contribution is -0.141. The first kappa shape index (κ1) is 9.12. The molecule has 6 heteroatoms. The molecule has 0 atom stereocenters. The summed E-state index contributed by atoms with van der Waals surface area (Å²) in [7, 11) is 0. The van der Waals surface area contributed by atoms with Gasteiger partial charge in [0.1, 0.15) is 5.69 Å². The number of hydrogen-bond acceptors (Lipinski definition) is 1. The van der Waals surface area contributed by atoms with Gasteiger partial charge in [-0.3, -0.25) is 4.79 Å². The van der Waals surface area contributed by atoms with Crippen LogP contribution in [0.25, 0.3) is 0 Å². The minimum Gasteiger partial charge on any atom is -0.318 e. The Morgan fingerprint density at radius 2 is 1.92 bits per heavy atom. The fraction of sp³-hybridized carbons (Fsp3) is 0.167. The number of hydrogen-bond donors (Lipinski definition) is 1. The van der Waals surface area contributed by atoms with Crippen molar-refractivity contribution in [2.24, 2.45) is 0 Å². The molecule has 1 heterocycles. The summed E-state index contributed by atoms with van der Waals surface area (Å²) in [5, 5.41) is -0.230. The molecular formula is C6H3ClF3NO. The summed E-state index contributed by atoms with van der Waals surface area (Å²) >= 11 is 5.24. The topological polar surface area (TPSA) is 32.9 Å². The maximum atomic E-state index is 11.9. The fourth-order valence-corrected chi connectivity index (χ4v) is 0.871. The van der Waals surface area contributed by atoms with Gasteiger partial charge >= 0.3 is 6.18 Å². The van der Waals surface area contributed by atoms with Gasteiger partial charge in [-0.1, -0.05) is 11.6 Å². The summed E-state index contributed by atoms with van der Waals surface area (Å²) in [6.07, 6.45) is -4.57. The molecule has 66 valence electrons. The lowest BCUT2D eigenvalue weighted by Crippen LogP contribution is -2.15. The molecule has 0 aliphatic carbocycles. The Morgan fingerprint density at radius 1 is 1.33 bits per heavy atom. The van der Waals surface area contributed by atoms with Crippen LogP contribution in [-0.4, -0.2) is 4.98 Å². The molecule has 1 aromatic rings. The van der Waals surface area contributed by atoms with Crippen molar-refractivity contribution in [2.45, 2.75) is 6.18 Å². The van der Waals surface area contributed by atoms with Crippen molar-refractivity contribution in [3.8, 4) is 0 Å². The number of rotatable bonds is 0. The monoisotopic (exact) mass is 197 g/mol. The highest BCUT2D eigenvalue weighted by molar-refractivity contribution is 6.30. The van der Waals surface area contributed by atoms with Crippen molar-refractivity contribution in [1.82, 2.24) is 4.98 Å². The molecule has 0 aliphatic heterocycles. The van der Waals surface area contributed by atoms with Gasteiger partial charge in [0.05, 0.1) is 0 Å². The van der Waals surface area contributed by atoms with E-state index in [9.17, 15) is 18.0 Å². The summed E-state index contributed by atoms with van der Waals surface area (Å²) in [6.45, 7) is 0. The van der Waals surface area contributed by atoms with Crippen LogP contribution < -0.4 is 5.56 Å². The molecule has 0 spiro atoms. The fourth-order valence-electron chi connectivity index (χ4n) is 0.662. The predicted octanol–water partition coefficient (Wildman–Crippen LogP) is 2.05. The van der Waals surface area contributed by atoms with Gasteiger partial charge in [0, 0.05) is 11.1 Å². The number of nitrogens with one attached hydrogen (secondary N) is 1. The summed E-state index contributed by atoms with van der Waals surface area (Å²) in [5.41, 5.74) is -2.00. The molecule has 1 aromatic heterocycles. The second-order valence-corrected chi connectivity index (χ2v) is 2.51. The SMILES string of the molecule is O=c1cc(Cl)cc(C(F)(F)F)[nH]1. The van der Waals surface area contributed by atoms with Crippen molar-refractivity contribution in [3.05, 3.63) is 33.2 Å². The first-order valence-corrected chi connectivity index (χ1v) is 3.24. The Hall–Kier alpha value is -0.970. The molecule has 0 saturated heterocycles. The zero-order valence-corrected chi connectivity index (χ0v) is 6.33. The minimum absolute atomic E-state index is 0.230. The zero-order chi connectivity index (χ0) is 9.35. The van der Waals surface area contributed by atoms with Crippen LogP contribution in [0.1, 0.15) is 5.69 Å². The molecule has 0 unspecified atom stereocenters. The maximum absolute atomic E-state index is 11.9. The van der Waals surface area contributed by atoms with E-state index in [0.717, 1.165) is 6.07 Å². The van der Waals surface area contributed by atoms with Gasteiger partial charge in [-0.05, 0) is 6.07 Å². The van der Waals surface area contributed by atoms with E-state index in [1.54, 1.807) is 4.98 Å². The maximum Gasteiger partial charge on any atom is 0.431 e. The third-order valence-corrected chi connectivity index (χ3v) is 1.33. The molecule has 1 N–H and O–H groups in total. The van der Waals surface area contributed by atoms with E-state index in [1.165, 1.54) is 0 Å². The Labute approximate surface area is 70.0 Å². The van der Waals surface area contributed by atoms with Crippen LogP contribution in [0.4, 0.5) is 13.2 Å². The second kappa shape index (κ2) is 2.82. The van der Waals surface area contributed by atoms with Gasteiger partial charge in [-0.25, -0.2) is 0 Å². The van der Waals surface area contributed by atoms with E-state index in [0.29, 0.717) is 6.07 Å². The molecule has 1 rings (SSSR count). The molecule has 0 aromatic carbocycles. The Bertz CT molecular complexity index is 343. The second-order valence-electron chi connectivity index (χ2n) is 2.07. The van der Waals surface area contributed by atoms with Crippen LogP contribution >= 0.6 is 11.6 Å². The molecule has 0 radical (unpaired) electrons. The number of halogens is 4. The third kappa shape index (κ3) is 2.01. The van der Waals surface area contributed by atoms with Gasteiger partial charge in [0.15, 0.2) is 0 Å². The average Bonchev–Trinajstić information content (AvgIpc) is 1.82. The van der Waals surface area contributed by atoms with Crippen LogP contribution in [-0.2, 0) is 6.18 Å². The van der Waals surface area contributed by atoms with Crippen LogP contribution in [0.3, 0.4) is 0 Å². The van der Waals surface area contributed by atoms with Crippen molar-refractivity contribution in [1.29, 1.82) is 0 Å². The highest BCUT2D eigenvalue weighted by Gasteiger charge is 2.31. The number of aromatic nitrogens is 1. The molecule has 0 aliphatic rings. The molecule has 12 heavy (non-hydrogen) atoms. The summed E-state index contributed by atoms with van der Waals surface area (Å²) in [4.78, 5) is 12.1. The average molecular weight is 198 g/mol. The number of H-pyrrole nitrogens is 1. The third-order valence-electron chi connectivity index (χ3n) is 1.11. The van der Waals surface area contributed by atoms with Gasteiger partial charge in [-0.15, -0.1) is 0 Å². The van der Waals surface area contributed by atoms with E-state index in [1.807, 2.05) is 0 Å². The van der Waals surface area contributed by atoms with E-state index in [4.69, 9.17) is 11.6 Å². The lowest BCUT2D eigenvalue weighted by Gasteiger charge is -2.04. The normalized spacial score (nSPS) is 11.7. The van der Waals surface area contributed by atoms with Crippen molar-refractivity contribution in [3.63, 3.8) is 0 Å². The quantitative estimate of drug-likeness (QED) is 0.678. The predicted molar refractivity (Wildman–Crippen MR) is 37.1 cm³/mol. The van der Waals surface area contributed by atoms with Gasteiger partial charge in [-0.2, -0.15) is 13.2 Å². The van der Waals surface area contributed by atoms with Crippen LogP contribution in [0.5, 0.6) is 0 Å². The van der Waals surface area contributed by atoms with E-state index in [-0.39, 0.29) is 5.02 Å². The molecule has 0 amide bonds. The highest BCUT2D eigenvalue weighted by atomic mass is 35.5. The molecule has 0 fully saturated rings. The first-order valence-electron chi connectivity index (χ1n) is 2.86.